The Labute approximate surface area is 114 Å². The molecule has 5 nitrogen and oxygen atoms in total. The fraction of sp³-hybridized carbons (Fsp3) is 0.500. The monoisotopic (exact) mass is 265 g/mol. The van der Waals surface area contributed by atoms with Crippen LogP contribution in [0.1, 0.15) is 25.3 Å². The first-order valence-electron chi connectivity index (χ1n) is 6.55. The van der Waals surface area contributed by atoms with Crippen molar-refractivity contribution < 1.29 is 9.53 Å². The standard InChI is InChI=1S/C14H23N3O2/c1-3-4-13(10-19-2)17-14(18)16-12-7-5-11(9-15)6-8-12/h5-8,13H,3-4,9-10,15H2,1-2H3,(H2,16,17,18). The molecule has 1 aromatic rings. The number of carbonyl (C=O) groups is 1. The van der Waals surface area contributed by atoms with Crippen molar-refractivity contribution in [1.82, 2.24) is 5.32 Å². The van der Waals surface area contributed by atoms with Gasteiger partial charge in [0, 0.05) is 19.3 Å². The van der Waals surface area contributed by atoms with Gasteiger partial charge < -0.3 is 21.1 Å². The summed E-state index contributed by atoms with van der Waals surface area (Å²) in [6, 6.07) is 7.30. The summed E-state index contributed by atoms with van der Waals surface area (Å²) in [4.78, 5) is 11.8. The summed E-state index contributed by atoms with van der Waals surface area (Å²) in [6.07, 6.45) is 1.90. The fourth-order valence-electron chi connectivity index (χ4n) is 1.82. The second kappa shape index (κ2) is 8.50. The minimum atomic E-state index is -0.212. The topological polar surface area (TPSA) is 76.4 Å². The van der Waals surface area contributed by atoms with Crippen LogP contribution in [0, 0.1) is 0 Å². The Morgan fingerprint density at radius 1 is 1.37 bits per heavy atom. The van der Waals surface area contributed by atoms with Crippen molar-refractivity contribution in [2.24, 2.45) is 5.73 Å². The van der Waals surface area contributed by atoms with Gasteiger partial charge in [-0.3, -0.25) is 0 Å². The van der Waals surface area contributed by atoms with Crippen molar-refractivity contribution >= 4 is 11.7 Å². The van der Waals surface area contributed by atoms with Crippen molar-refractivity contribution in [2.75, 3.05) is 19.0 Å². The molecule has 106 valence electrons. The molecule has 0 radical (unpaired) electrons. The van der Waals surface area contributed by atoms with Gasteiger partial charge in [0.2, 0.25) is 0 Å². The molecule has 1 rings (SSSR count). The van der Waals surface area contributed by atoms with Crippen LogP contribution in [-0.2, 0) is 11.3 Å². The van der Waals surface area contributed by atoms with E-state index in [4.69, 9.17) is 10.5 Å². The van der Waals surface area contributed by atoms with Crippen LogP contribution in [0.3, 0.4) is 0 Å². The molecular weight excluding hydrogens is 242 g/mol. The van der Waals surface area contributed by atoms with E-state index in [0.717, 1.165) is 24.1 Å². The average Bonchev–Trinajstić information content (AvgIpc) is 2.40. The summed E-state index contributed by atoms with van der Waals surface area (Å²) >= 11 is 0. The van der Waals surface area contributed by atoms with Gasteiger partial charge in [-0.25, -0.2) is 4.79 Å². The van der Waals surface area contributed by atoms with Crippen LogP contribution in [0.2, 0.25) is 0 Å². The Bertz CT molecular complexity index is 373. The van der Waals surface area contributed by atoms with E-state index in [-0.39, 0.29) is 12.1 Å². The number of hydrogen-bond donors (Lipinski definition) is 3. The molecule has 1 atom stereocenters. The Morgan fingerprint density at radius 2 is 2.05 bits per heavy atom. The number of rotatable bonds is 7. The van der Waals surface area contributed by atoms with Gasteiger partial charge in [0.05, 0.1) is 12.6 Å². The number of nitrogens with one attached hydrogen (secondary N) is 2. The molecule has 0 fully saturated rings. The lowest BCUT2D eigenvalue weighted by Crippen LogP contribution is -2.40. The minimum absolute atomic E-state index is 0.0401. The number of methoxy groups -OCH3 is 1. The third kappa shape index (κ3) is 5.72. The van der Waals surface area contributed by atoms with E-state index < -0.39 is 0 Å². The third-order valence-electron chi connectivity index (χ3n) is 2.79. The van der Waals surface area contributed by atoms with E-state index in [9.17, 15) is 4.79 Å². The highest BCUT2D eigenvalue weighted by molar-refractivity contribution is 5.89. The first kappa shape index (κ1) is 15.5. The number of anilines is 1. The molecule has 0 heterocycles. The van der Waals surface area contributed by atoms with Gasteiger partial charge in [-0.2, -0.15) is 0 Å². The molecule has 0 aliphatic heterocycles. The van der Waals surface area contributed by atoms with Crippen LogP contribution in [-0.4, -0.2) is 25.8 Å². The summed E-state index contributed by atoms with van der Waals surface area (Å²) in [5, 5.41) is 5.69. The molecule has 1 aromatic carbocycles. The van der Waals surface area contributed by atoms with E-state index in [1.807, 2.05) is 24.3 Å². The Hall–Kier alpha value is -1.59. The van der Waals surface area contributed by atoms with Gasteiger partial charge in [-0.05, 0) is 24.1 Å². The lowest BCUT2D eigenvalue weighted by Gasteiger charge is -2.17. The van der Waals surface area contributed by atoms with Gasteiger partial charge >= 0.3 is 6.03 Å². The van der Waals surface area contributed by atoms with Crippen molar-refractivity contribution in [3.05, 3.63) is 29.8 Å². The van der Waals surface area contributed by atoms with Crippen molar-refractivity contribution in [3.63, 3.8) is 0 Å². The van der Waals surface area contributed by atoms with Crippen molar-refractivity contribution in [1.29, 1.82) is 0 Å². The first-order valence-corrected chi connectivity index (χ1v) is 6.55. The highest BCUT2D eigenvalue weighted by Crippen LogP contribution is 2.09. The fourth-order valence-corrected chi connectivity index (χ4v) is 1.82. The predicted molar refractivity (Wildman–Crippen MR) is 77.1 cm³/mol. The maximum absolute atomic E-state index is 11.8. The molecule has 0 aliphatic rings. The quantitative estimate of drug-likeness (QED) is 0.706. The molecule has 0 saturated carbocycles. The smallest absolute Gasteiger partial charge is 0.319 e. The van der Waals surface area contributed by atoms with Crippen molar-refractivity contribution in [2.45, 2.75) is 32.4 Å². The number of ether oxygens (including phenoxy) is 1. The van der Waals surface area contributed by atoms with Crippen LogP contribution < -0.4 is 16.4 Å². The zero-order chi connectivity index (χ0) is 14.1. The van der Waals surface area contributed by atoms with Gasteiger partial charge in [0.15, 0.2) is 0 Å². The van der Waals surface area contributed by atoms with E-state index in [0.29, 0.717) is 13.2 Å². The molecule has 0 aromatic heterocycles. The second-order valence-electron chi connectivity index (χ2n) is 4.44. The number of urea groups is 1. The first-order chi connectivity index (χ1) is 9.19. The minimum Gasteiger partial charge on any atom is -0.383 e. The predicted octanol–water partition coefficient (Wildman–Crippen LogP) is 2.08. The van der Waals surface area contributed by atoms with Crippen LogP contribution in [0.5, 0.6) is 0 Å². The molecule has 0 bridgehead atoms. The highest BCUT2D eigenvalue weighted by Gasteiger charge is 2.11. The highest BCUT2D eigenvalue weighted by atomic mass is 16.5. The molecule has 2 amide bonds. The molecule has 0 spiro atoms. The SMILES string of the molecule is CCCC(COC)NC(=O)Nc1ccc(CN)cc1. The molecule has 0 aliphatic carbocycles. The number of benzene rings is 1. The zero-order valence-electron chi connectivity index (χ0n) is 11.6. The largest absolute Gasteiger partial charge is 0.383 e. The van der Waals surface area contributed by atoms with Crippen molar-refractivity contribution in [3.8, 4) is 0 Å². The summed E-state index contributed by atoms with van der Waals surface area (Å²) in [5.74, 6) is 0. The summed E-state index contributed by atoms with van der Waals surface area (Å²) in [5.41, 5.74) is 7.31. The number of hydrogen-bond acceptors (Lipinski definition) is 3. The van der Waals surface area contributed by atoms with Gasteiger partial charge in [-0.15, -0.1) is 0 Å². The number of carbonyl (C=O) groups excluding carboxylic acids is 1. The number of nitrogens with two attached hydrogens (primary N) is 1. The van der Waals surface area contributed by atoms with E-state index >= 15 is 0 Å². The summed E-state index contributed by atoms with van der Waals surface area (Å²) in [7, 11) is 1.63. The van der Waals surface area contributed by atoms with E-state index in [2.05, 4.69) is 17.6 Å². The molecular formula is C14H23N3O2. The zero-order valence-corrected chi connectivity index (χ0v) is 11.6. The van der Waals surface area contributed by atoms with E-state index in [1.165, 1.54) is 0 Å². The summed E-state index contributed by atoms with van der Waals surface area (Å²) in [6.45, 7) is 3.10. The third-order valence-corrected chi connectivity index (χ3v) is 2.79. The number of amides is 2. The Balaban J connectivity index is 2.48. The lowest BCUT2D eigenvalue weighted by atomic mass is 10.2. The molecule has 5 heteroatoms. The van der Waals surface area contributed by atoms with Crippen LogP contribution in [0.25, 0.3) is 0 Å². The lowest BCUT2D eigenvalue weighted by molar-refractivity contribution is 0.163. The second-order valence-corrected chi connectivity index (χ2v) is 4.44. The van der Waals surface area contributed by atoms with Crippen LogP contribution in [0.4, 0.5) is 10.5 Å². The molecule has 1 unspecified atom stereocenters. The Kier molecular flexibility index (Phi) is 6.92. The van der Waals surface area contributed by atoms with E-state index in [1.54, 1.807) is 7.11 Å². The van der Waals surface area contributed by atoms with Crippen LogP contribution >= 0.6 is 0 Å². The van der Waals surface area contributed by atoms with Crippen LogP contribution in [0.15, 0.2) is 24.3 Å². The molecule has 0 saturated heterocycles. The maximum Gasteiger partial charge on any atom is 0.319 e. The van der Waals surface area contributed by atoms with Gasteiger partial charge in [-0.1, -0.05) is 25.5 Å². The molecule has 19 heavy (non-hydrogen) atoms. The van der Waals surface area contributed by atoms with Gasteiger partial charge in [0.1, 0.15) is 0 Å². The Morgan fingerprint density at radius 3 is 2.58 bits per heavy atom. The average molecular weight is 265 g/mol. The summed E-state index contributed by atoms with van der Waals surface area (Å²) < 4.78 is 5.08. The molecule has 4 N–H and O–H groups in total. The van der Waals surface area contributed by atoms with Gasteiger partial charge in [0.25, 0.3) is 0 Å². The normalized spacial score (nSPS) is 11.9. The maximum atomic E-state index is 11.8.